The van der Waals surface area contributed by atoms with E-state index in [0.29, 0.717) is 18.4 Å². The zero-order valence-electron chi connectivity index (χ0n) is 13.4. The van der Waals surface area contributed by atoms with Crippen LogP contribution in [-0.4, -0.2) is 34.5 Å². The average molecular weight is 394 g/mol. The highest BCUT2D eigenvalue weighted by Crippen LogP contribution is 2.70. The first-order valence-electron chi connectivity index (χ1n) is 7.64. The van der Waals surface area contributed by atoms with Crippen LogP contribution in [0.4, 0.5) is 39.5 Å². The van der Waals surface area contributed by atoms with Crippen LogP contribution in [0.25, 0.3) is 0 Å². The molecule has 0 aliphatic heterocycles. The molecule has 26 heavy (non-hydrogen) atoms. The molecular weight excluding hydrogens is 379 g/mol. The van der Waals surface area contributed by atoms with Crippen LogP contribution in [0, 0.1) is 0 Å². The Kier molecular flexibility index (Phi) is 4.84. The third-order valence-electron chi connectivity index (χ3n) is 4.53. The van der Waals surface area contributed by atoms with Gasteiger partial charge in [0.15, 0.2) is 0 Å². The van der Waals surface area contributed by atoms with E-state index in [9.17, 15) is 44.6 Å². The van der Waals surface area contributed by atoms with Gasteiger partial charge in [0.1, 0.15) is 0 Å². The zero-order chi connectivity index (χ0) is 20.2. The summed E-state index contributed by atoms with van der Waals surface area (Å²) in [5.41, 5.74) is -5.43. The van der Waals surface area contributed by atoms with E-state index in [1.807, 2.05) is 0 Å². The van der Waals surface area contributed by atoms with Crippen molar-refractivity contribution in [3.05, 3.63) is 35.4 Å². The highest BCUT2D eigenvalue weighted by atomic mass is 19.4. The molecule has 1 unspecified atom stereocenters. The molecule has 1 aliphatic carbocycles. The molecule has 1 aromatic carbocycles. The summed E-state index contributed by atoms with van der Waals surface area (Å²) in [5, 5.41) is 9.85. The first kappa shape index (κ1) is 20.9. The van der Waals surface area contributed by atoms with Crippen molar-refractivity contribution < 1.29 is 44.6 Å². The van der Waals surface area contributed by atoms with Gasteiger partial charge in [-0.15, -0.1) is 0 Å². The van der Waals surface area contributed by atoms with Crippen molar-refractivity contribution in [2.24, 2.45) is 0 Å². The van der Waals surface area contributed by atoms with Gasteiger partial charge in [0.2, 0.25) is 0 Å². The molecule has 10 heteroatoms. The van der Waals surface area contributed by atoms with Gasteiger partial charge in [-0.05, 0) is 17.5 Å². The van der Waals surface area contributed by atoms with Gasteiger partial charge < -0.3 is 5.11 Å². The van der Waals surface area contributed by atoms with E-state index in [1.165, 1.54) is 12.1 Å². The fraction of sp³-hybridized carbons (Fsp3) is 0.625. The summed E-state index contributed by atoms with van der Waals surface area (Å²) in [6.07, 6.45) is -3.67. The maximum atomic E-state index is 14.4. The number of aliphatic hydroxyl groups excluding tert-OH is 1. The molecule has 1 nitrogen and oxygen atoms in total. The first-order chi connectivity index (χ1) is 11.7. The van der Waals surface area contributed by atoms with Crippen LogP contribution in [0.2, 0.25) is 0 Å². The van der Waals surface area contributed by atoms with Crippen LogP contribution < -0.4 is 0 Å². The lowest BCUT2D eigenvalue weighted by atomic mass is 9.87. The molecule has 1 N–H and O–H groups in total. The summed E-state index contributed by atoms with van der Waals surface area (Å²) in [7, 11) is 0. The molecule has 0 amide bonds. The largest absolute Gasteiger partial charge is 0.388 e. The molecule has 0 radical (unpaired) electrons. The number of aryl methyl sites for hydroxylation is 1. The number of alkyl halides is 9. The second kappa shape index (κ2) is 6.03. The number of aliphatic hydroxyl groups is 1. The smallest absolute Gasteiger partial charge is 0.381 e. The number of hydrogen-bond donors (Lipinski definition) is 1. The third kappa shape index (κ3) is 2.44. The summed E-state index contributed by atoms with van der Waals surface area (Å²) in [6, 6.07) is 5.10. The van der Waals surface area contributed by atoms with Crippen LogP contribution in [0.15, 0.2) is 24.3 Å². The minimum absolute atomic E-state index is 0.321. The molecule has 0 bridgehead atoms. The Hall–Kier alpha value is -1.45. The SMILES string of the molecule is CCCc1cccc(C(O)CC2(F)C(F)(F)C(F)(F)C(F)(F)C2(F)F)c1. The predicted octanol–water partition coefficient (Wildman–Crippen LogP) is 5.33. The van der Waals surface area contributed by atoms with E-state index in [1.54, 1.807) is 13.0 Å². The fourth-order valence-corrected chi connectivity index (χ4v) is 2.97. The normalized spacial score (nSPS) is 25.8. The van der Waals surface area contributed by atoms with Gasteiger partial charge in [-0.1, -0.05) is 37.6 Å². The molecule has 0 spiro atoms. The molecular formula is C16H15F9O. The van der Waals surface area contributed by atoms with Crippen molar-refractivity contribution in [2.45, 2.75) is 61.6 Å². The monoisotopic (exact) mass is 394 g/mol. The van der Waals surface area contributed by atoms with Crippen molar-refractivity contribution in [1.29, 1.82) is 0 Å². The Morgan fingerprint density at radius 2 is 1.35 bits per heavy atom. The lowest BCUT2D eigenvalue weighted by molar-refractivity contribution is -0.303. The summed E-state index contributed by atoms with van der Waals surface area (Å²) >= 11 is 0. The first-order valence-corrected chi connectivity index (χ1v) is 7.64. The van der Waals surface area contributed by atoms with Crippen molar-refractivity contribution in [3.8, 4) is 0 Å². The molecule has 1 atom stereocenters. The number of hydrogen-bond acceptors (Lipinski definition) is 1. The molecule has 1 aliphatic rings. The van der Waals surface area contributed by atoms with Gasteiger partial charge in [-0.2, -0.15) is 35.1 Å². The van der Waals surface area contributed by atoms with Crippen LogP contribution in [0.3, 0.4) is 0 Å². The Morgan fingerprint density at radius 1 is 0.846 bits per heavy atom. The Labute approximate surface area is 142 Å². The maximum Gasteiger partial charge on any atom is 0.381 e. The summed E-state index contributed by atoms with van der Waals surface area (Å²) in [6.45, 7) is 1.78. The second-order valence-corrected chi connectivity index (χ2v) is 6.31. The zero-order valence-corrected chi connectivity index (χ0v) is 13.4. The van der Waals surface area contributed by atoms with E-state index in [0.717, 1.165) is 6.07 Å². The van der Waals surface area contributed by atoms with E-state index >= 15 is 0 Å². The molecule has 1 saturated carbocycles. The molecule has 148 valence electrons. The van der Waals surface area contributed by atoms with Crippen molar-refractivity contribution in [1.82, 2.24) is 0 Å². The quantitative estimate of drug-likeness (QED) is 0.670. The fourth-order valence-electron chi connectivity index (χ4n) is 2.97. The van der Waals surface area contributed by atoms with Gasteiger partial charge >= 0.3 is 23.7 Å². The minimum Gasteiger partial charge on any atom is -0.388 e. The van der Waals surface area contributed by atoms with Crippen LogP contribution in [0.5, 0.6) is 0 Å². The summed E-state index contributed by atoms with van der Waals surface area (Å²) < 4.78 is 122. The summed E-state index contributed by atoms with van der Waals surface area (Å²) in [5.74, 6) is -26.0. The van der Waals surface area contributed by atoms with Crippen molar-refractivity contribution >= 4 is 0 Å². The number of rotatable bonds is 5. The molecule has 1 aromatic rings. The number of benzene rings is 1. The average Bonchev–Trinajstić information content (AvgIpc) is 2.58. The second-order valence-electron chi connectivity index (χ2n) is 6.31. The Morgan fingerprint density at radius 3 is 1.81 bits per heavy atom. The van der Waals surface area contributed by atoms with Crippen LogP contribution >= 0.6 is 0 Å². The van der Waals surface area contributed by atoms with Crippen LogP contribution in [0.1, 0.15) is 37.0 Å². The van der Waals surface area contributed by atoms with Gasteiger partial charge in [0, 0.05) is 6.42 Å². The molecule has 0 heterocycles. The predicted molar refractivity (Wildman–Crippen MR) is 73.6 cm³/mol. The van der Waals surface area contributed by atoms with E-state index in [4.69, 9.17) is 0 Å². The van der Waals surface area contributed by atoms with Gasteiger partial charge in [-0.3, -0.25) is 0 Å². The molecule has 0 saturated heterocycles. The topological polar surface area (TPSA) is 20.2 Å². The van der Waals surface area contributed by atoms with E-state index < -0.39 is 41.9 Å². The standard InChI is InChI=1S/C16H15F9O/c1-2-4-9-5-3-6-10(7-9)11(26)8-12(17)13(18,19)15(22,23)16(24,25)14(12,20)21/h3,5-7,11,26H,2,4,8H2,1H3. The van der Waals surface area contributed by atoms with Gasteiger partial charge in [0.05, 0.1) is 6.10 Å². The van der Waals surface area contributed by atoms with E-state index in [2.05, 4.69) is 0 Å². The lowest BCUT2D eigenvalue weighted by Gasteiger charge is -2.32. The molecule has 2 rings (SSSR count). The number of halogens is 9. The maximum absolute atomic E-state index is 14.4. The van der Waals surface area contributed by atoms with Crippen molar-refractivity contribution in [2.75, 3.05) is 0 Å². The Bertz CT molecular complexity index is 645. The highest BCUT2D eigenvalue weighted by molar-refractivity contribution is 5.30. The van der Waals surface area contributed by atoms with Gasteiger partial charge in [0.25, 0.3) is 5.67 Å². The van der Waals surface area contributed by atoms with E-state index in [-0.39, 0.29) is 5.56 Å². The molecule has 1 fully saturated rings. The Balaban J connectivity index is 2.45. The third-order valence-corrected chi connectivity index (χ3v) is 4.53. The van der Waals surface area contributed by atoms with Crippen LogP contribution in [-0.2, 0) is 6.42 Å². The lowest BCUT2D eigenvalue weighted by Crippen LogP contribution is -2.55. The van der Waals surface area contributed by atoms with Gasteiger partial charge in [-0.25, -0.2) is 4.39 Å². The highest BCUT2D eigenvalue weighted by Gasteiger charge is 3.00. The van der Waals surface area contributed by atoms with Crippen molar-refractivity contribution in [3.63, 3.8) is 0 Å². The minimum atomic E-state index is -6.62. The summed E-state index contributed by atoms with van der Waals surface area (Å²) in [4.78, 5) is 0. The molecule has 0 aromatic heterocycles.